The van der Waals surface area contributed by atoms with Crippen molar-refractivity contribution in [1.82, 2.24) is 19.3 Å². The highest BCUT2D eigenvalue weighted by atomic mass is 16.5. The zero-order chi connectivity index (χ0) is 25.8. The molecule has 3 N–H and O–H groups in total. The number of hydrogen-bond acceptors (Lipinski definition) is 7. The molecular formula is C25H26N6O5. The highest BCUT2D eigenvalue weighted by Crippen LogP contribution is 2.24. The number of hydrogen-bond donors (Lipinski definition) is 2. The van der Waals surface area contributed by atoms with Gasteiger partial charge in [0.2, 0.25) is 0 Å². The minimum absolute atomic E-state index is 0.0172. The van der Waals surface area contributed by atoms with E-state index in [0.29, 0.717) is 16.3 Å². The van der Waals surface area contributed by atoms with Gasteiger partial charge in [0.1, 0.15) is 5.82 Å². The average molecular weight is 491 g/mol. The van der Waals surface area contributed by atoms with Gasteiger partial charge in [-0.25, -0.2) is 9.48 Å². The summed E-state index contributed by atoms with van der Waals surface area (Å²) in [5.74, 6) is -0.829. The summed E-state index contributed by atoms with van der Waals surface area (Å²) in [6.45, 7) is 2.19. The van der Waals surface area contributed by atoms with Crippen LogP contribution in [0.15, 0.2) is 69.0 Å². The molecule has 0 unspecified atom stereocenters. The van der Waals surface area contributed by atoms with Gasteiger partial charge in [-0.2, -0.15) is 5.10 Å². The Morgan fingerprint density at radius 1 is 1.06 bits per heavy atom. The third kappa shape index (κ3) is 4.56. The first-order valence-corrected chi connectivity index (χ1v) is 11.3. The van der Waals surface area contributed by atoms with Crippen LogP contribution in [0, 0.1) is 0 Å². The number of nitrogens with zero attached hydrogens (tertiary/aromatic N) is 4. The molecule has 0 fully saturated rings. The highest BCUT2D eigenvalue weighted by molar-refractivity contribution is 6.13. The van der Waals surface area contributed by atoms with E-state index in [4.69, 9.17) is 10.5 Å². The van der Waals surface area contributed by atoms with Gasteiger partial charge in [-0.1, -0.05) is 48.5 Å². The van der Waals surface area contributed by atoms with Crippen LogP contribution in [0.1, 0.15) is 23.0 Å². The highest BCUT2D eigenvalue weighted by Gasteiger charge is 2.28. The largest absolute Gasteiger partial charge is 0.383 e. The molecule has 0 spiro atoms. The first kappa shape index (κ1) is 24.6. The van der Waals surface area contributed by atoms with Crippen molar-refractivity contribution in [1.29, 1.82) is 0 Å². The average Bonchev–Trinajstić information content (AvgIpc) is 2.88. The third-order valence-electron chi connectivity index (χ3n) is 5.80. The van der Waals surface area contributed by atoms with E-state index in [1.807, 2.05) is 6.07 Å². The maximum atomic E-state index is 14.1. The fourth-order valence-corrected chi connectivity index (χ4v) is 4.00. The van der Waals surface area contributed by atoms with Crippen molar-refractivity contribution in [3.05, 3.63) is 97.0 Å². The Balaban J connectivity index is 1.97. The fourth-order valence-electron chi connectivity index (χ4n) is 4.00. The molecular weight excluding hydrogens is 464 g/mol. The Morgan fingerprint density at radius 3 is 2.39 bits per heavy atom. The van der Waals surface area contributed by atoms with Gasteiger partial charge in [0.25, 0.3) is 17.0 Å². The van der Waals surface area contributed by atoms with E-state index >= 15 is 0 Å². The number of fused-ring (bicyclic) bond motifs is 1. The molecule has 0 radical (unpaired) electrons. The van der Waals surface area contributed by atoms with E-state index < -0.39 is 17.2 Å². The van der Waals surface area contributed by atoms with E-state index in [-0.39, 0.29) is 49.0 Å². The monoisotopic (exact) mass is 490 g/mol. The predicted molar refractivity (Wildman–Crippen MR) is 136 cm³/mol. The Hall–Kier alpha value is -4.51. The molecule has 4 aromatic rings. The van der Waals surface area contributed by atoms with E-state index in [2.05, 4.69) is 10.1 Å². The van der Waals surface area contributed by atoms with Crippen molar-refractivity contribution in [2.75, 3.05) is 24.4 Å². The van der Waals surface area contributed by atoms with Gasteiger partial charge < -0.3 is 10.5 Å². The molecule has 36 heavy (non-hydrogen) atoms. The molecule has 0 aliphatic carbocycles. The number of aromatic nitrogens is 4. The lowest BCUT2D eigenvalue weighted by molar-refractivity contribution is 0.0979. The van der Waals surface area contributed by atoms with Crippen LogP contribution in [0.4, 0.5) is 11.5 Å². The first-order chi connectivity index (χ1) is 17.4. The maximum absolute atomic E-state index is 14.1. The maximum Gasteiger partial charge on any atom is 0.330 e. The lowest BCUT2D eigenvalue weighted by atomic mass is 10.1. The number of aromatic amines is 1. The van der Waals surface area contributed by atoms with Gasteiger partial charge in [0, 0.05) is 19.0 Å². The molecule has 0 saturated heterocycles. The summed E-state index contributed by atoms with van der Waals surface area (Å²) < 4.78 is 7.39. The number of nitrogens with two attached hydrogens (primary N) is 1. The normalized spacial score (nSPS) is 11.1. The Labute approximate surface area is 205 Å². The number of amides is 1. The molecule has 0 aliphatic rings. The Bertz CT molecular complexity index is 1590. The number of anilines is 2. The molecule has 2 heterocycles. The third-order valence-corrected chi connectivity index (χ3v) is 5.80. The summed E-state index contributed by atoms with van der Waals surface area (Å²) >= 11 is 0. The van der Waals surface area contributed by atoms with Crippen molar-refractivity contribution in [2.45, 2.75) is 26.6 Å². The fraction of sp³-hybridized carbons (Fsp3) is 0.240. The van der Waals surface area contributed by atoms with Crippen LogP contribution in [-0.2, 0) is 24.4 Å². The molecule has 11 nitrogen and oxygen atoms in total. The quantitative estimate of drug-likeness (QED) is 0.379. The van der Waals surface area contributed by atoms with Crippen LogP contribution in [0.3, 0.4) is 0 Å². The minimum Gasteiger partial charge on any atom is -0.383 e. The molecule has 0 bridgehead atoms. The number of nitrogens with one attached hydrogen (secondary N) is 1. The number of methoxy groups -OCH3 is 1. The molecule has 4 rings (SSSR count). The second-order valence-electron chi connectivity index (χ2n) is 8.03. The number of rotatable bonds is 8. The summed E-state index contributed by atoms with van der Waals surface area (Å²) in [5.41, 5.74) is 4.95. The summed E-state index contributed by atoms with van der Waals surface area (Å²) in [7, 11) is 1.47. The lowest BCUT2D eigenvalue weighted by Gasteiger charge is -2.25. The Morgan fingerprint density at radius 2 is 1.72 bits per heavy atom. The number of ether oxygens (including phenoxy) is 1. The molecule has 11 heteroatoms. The van der Waals surface area contributed by atoms with Crippen molar-refractivity contribution in [2.24, 2.45) is 0 Å². The van der Waals surface area contributed by atoms with E-state index in [0.717, 1.165) is 4.57 Å². The number of carbonyl (C=O) groups is 1. The molecule has 0 saturated carbocycles. The first-order valence-electron chi connectivity index (χ1n) is 11.3. The topological polar surface area (TPSA) is 145 Å². The smallest absolute Gasteiger partial charge is 0.330 e. The predicted octanol–water partition coefficient (Wildman–Crippen LogP) is 1.34. The van der Waals surface area contributed by atoms with Crippen molar-refractivity contribution in [3.63, 3.8) is 0 Å². The Kier molecular flexibility index (Phi) is 7.11. The number of aryl methyl sites for hydroxylation is 1. The molecule has 0 atom stereocenters. The van der Waals surface area contributed by atoms with Gasteiger partial charge in [-0.3, -0.25) is 28.8 Å². The van der Waals surface area contributed by atoms with E-state index in [1.54, 1.807) is 55.5 Å². The summed E-state index contributed by atoms with van der Waals surface area (Å²) in [4.78, 5) is 55.8. The lowest BCUT2D eigenvalue weighted by Crippen LogP contribution is -2.42. The second kappa shape index (κ2) is 10.4. The zero-order valence-electron chi connectivity index (χ0n) is 19.9. The number of benzene rings is 2. The molecule has 2 aromatic heterocycles. The van der Waals surface area contributed by atoms with E-state index in [9.17, 15) is 19.2 Å². The van der Waals surface area contributed by atoms with Crippen LogP contribution >= 0.6 is 0 Å². The van der Waals surface area contributed by atoms with Crippen molar-refractivity contribution >= 4 is 28.2 Å². The molecule has 186 valence electrons. The zero-order valence-corrected chi connectivity index (χ0v) is 19.9. The van der Waals surface area contributed by atoms with Crippen molar-refractivity contribution < 1.29 is 9.53 Å². The van der Waals surface area contributed by atoms with Crippen LogP contribution in [0.2, 0.25) is 0 Å². The van der Waals surface area contributed by atoms with Crippen LogP contribution in [-0.4, -0.2) is 39.0 Å². The minimum atomic E-state index is -0.816. The number of nitrogen functional groups attached to an aromatic ring is 1. The van der Waals surface area contributed by atoms with Gasteiger partial charge in [-0.15, -0.1) is 0 Å². The summed E-state index contributed by atoms with van der Waals surface area (Å²) in [6, 6.07) is 15.7. The molecule has 1 amide bonds. The number of carbonyl (C=O) groups excluding carboxylic acids is 1. The molecule has 2 aromatic carbocycles. The summed E-state index contributed by atoms with van der Waals surface area (Å²) in [6.07, 6.45) is 0. The standard InChI is InChI=1S/C25H26N6O5/c1-3-31-23(33)18-12-8-7-11-17(18)19(28-31)24(34)30(15-16-9-5-4-6-10-16)20-21(26)29(13-14-36-2)25(35)27-22(20)32/h4-12H,3,13-15,26H2,1-2H3,(H,27,32,35). The SMILES string of the molecule is CCn1nc(C(=O)N(Cc2ccccc2)c2c(N)n(CCOC)c(=O)[nH]c2=O)c2ccccc2c1=O. The molecule has 0 aliphatic heterocycles. The van der Waals surface area contributed by atoms with Gasteiger partial charge in [0.15, 0.2) is 11.4 Å². The van der Waals surface area contributed by atoms with Crippen LogP contribution in [0.25, 0.3) is 10.8 Å². The van der Waals surface area contributed by atoms with Crippen molar-refractivity contribution in [3.8, 4) is 0 Å². The summed E-state index contributed by atoms with van der Waals surface area (Å²) in [5, 5.41) is 5.00. The van der Waals surface area contributed by atoms with Crippen LogP contribution in [0.5, 0.6) is 0 Å². The number of H-pyrrole nitrogens is 1. The van der Waals surface area contributed by atoms with Gasteiger partial charge in [0.05, 0.1) is 25.1 Å². The van der Waals surface area contributed by atoms with E-state index in [1.165, 1.54) is 16.7 Å². The van der Waals surface area contributed by atoms with Gasteiger partial charge >= 0.3 is 5.69 Å². The van der Waals surface area contributed by atoms with Crippen LogP contribution < -0.4 is 27.4 Å². The second-order valence-corrected chi connectivity index (χ2v) is 8.03. The van der Waals surface area contributed by atoms with Gasteiger partial charge in [-0.05, 0) is 18.6 Å².